The van der Waals surface area contributed by atoms with Gasteiger partial charge < -0.3 is 10.0 Å². The Labute approximate surface area is 72.4 Å². The van der Waals surface area contributed by atoms with Crippen molar-refractivity contribution in [2.75, 3.05) is 7.05 Å². The highest BCUT2D eigenvalue weighted by Crippen LogP contribution is 2.37. The molecule has 0 aromatic carbocycles. The number of rotatable bonds is 1. The molecule has 2 aliphatic rings. The van der Waals surface area contributed by atoms with E-state index in [0.29, 0.717) is 12.1 Å². The minimum absolute atomic E-state index is 0.0706. The molecule has 0 aromatic heterocycles. The van der Waals surface area contributed by atoms with E-state index >= 15 is 0 Å². The number of aliphatic carboxylic acids is 1. The monoisotopic (exact) mass is 169 g/mol. The topological polar surface area (TPSA) is 40.5 Å². The predicted molar refractivity (Wildman–Crippen MR) is 44.9 cm³/mol. The van der Waals surface area contributed by atoms with Crippen molar-refractivity contribution in [1.29, 1.82) is 0 Å². The molecule has 1 N–H and O–H groups in total. The third-order valence-electron chi connectivity index (χ3n) is 3.45. The summed E-state index contributed by atoms with van der Waals surface area (Å²) >= 11 is 0. The predicted octanol–water partition coefficient (Wildman–Crippen LogP) is 0.944. The molecule has 12 heavy (non-hydrogen) atoms. The summed E-state index contributed by atoms with van der Waals surface area (Å²) in [7, 11) is 2.13. The molecule has 2 saturated heterocycles. The quantitative estimate of drug-likeness (QED) is 0.635. The summed E-state index contributed by atoms with van der Waals surface area (Å²) < 4.78 is 0. The van der Waals surface area contributed by atoms with E-state index in [1.54, 1.807) is 0 Å². The van der Waals surface area contributed by atoms with Crippen molar-refractivity contribution in [1.82, 2.24) is 4.90 Å². The summed E-state index contributed by atoms with van der Waals surface area (Å²) in [5.41, 5.74) is 0. The van der Waals surface area contributed by atoms with Crippen LogP contribution < -0.4 is 0 Å². The van der Waals surface area contributed by atoms with Gasteiger partial charge in [0.05, 0.1) is 5.92 Å². The minimum Gasteiger partial charge on any atom is -0.481 e. The maximum absolute atomic E-state index is 10.8. The first-order valence-corrected chi connectivity index (χ1v) is 4.63. The smallest absolute Gasteiger partial charge is 0.306 e. The molecule has 0 spiro atoms. The Kier molecular flexibility index (Phi) is 1.83. The first kappa shape index (κ1) is 8.05. The Morgan fingerprint density at radius 1 is 1.33 bits per heavy atom. The zero-order chi connectivity index (χ0) is 8.72. The van der Waals surface area contributed by atoms with Gasteiger partial charge in [-0.1, -0.05) is 0 Å². The van der Waals surface area contributed by atoms with Gasteiger partial charge in [-0.3, -0.25) is 4.79 Å². The van der Waals surface area contributed by atoms with E-state index in [4.69, 9.17) is 5.11 Å². The van der Waals surface area contributed by atoms with Crippen LogP contribution in [-0.4, -0.2) is 35.1 Å². The van der Waals surface area contributed by atoms with Crippen LogP contribution >= 0.6 is 0 Å². The first-order chi connectivity index (χ1) is 5.68. The average Bonchev–Trinajstić information content (AvgIpc) is 2.30. The van der Waals surface area contributed by atoms with Gasteiger partial charge in [0.1, 0.15) is 0 Å². The molecule has 3 nitrogen and oxygen atoms in total. The number of carboxylic acid groups (broad SMARTS) is 1. The second-order valence-corrected chi connectivity index (χ2v) is 4.06. The Morgan fingerprint density at radius 3 is 2.25 bits per heavy atom. The number of hydrogen-bond donors (Lipinski definition) is 1. The lowest BCUT2D eigenvalue weighted by atomic mass is 9.91. The summed E-state index contributed by atoms with van der Waals surface area (Å²) in [6.45, 7) is 0. The van der Waals surface area contributed by atoms with Gasteiger partial charge in [-0.2, -0.15) is 0 Å². The number of hydrogen-bond acceptors (Lipinski definition) is 2. The van der Waals surface area contributed by atoms with Crippen molar-refractivity contribution in [3.05, 3.63) is 0 Å². The van der Waals surface area contributed by atoms with Gasteiger partial charge in [-0.25, -0.2) is 0 Å². The fraction of sp³-hybridized carbons (Fsp3) is 0.889. The van der Waals surface area contributed by atoms with Gasteiger partial charge in [0.2, 0.25) is 0 Å². The van der Waals surface area contributed by atoms with E-state index < -0.39 is 5.97 Å². The van der Waals surface area contributed by atoms with Crippen molar-refractivity contribution in [3.63, 3.8) is 0 Å². The zero-order valence-electron chi connectivity index (χ0n) is 7.36. The first-order valence-electron chi connectivity index (χ1n) is 4.63. The molecular formula is C9H15NO2. The molecular weight excluding hydrogens is 154 g/mol. The molecule has 2 fully saturated rings. The highest BCUT2D eigenvalue weighted by molar-refractivity contribution is 5.70. The van der Waals surface area contributed by atoms with Gasteiger partial charge in [-0.15, -0.1) is 0 Å². The lowest BCUT2D eigenvalue weighted by Gasteiger charge is -2.34. The second kappa shape index (κ2) is 2.73. The standard InChI is InChI=1S/C9H15NO2/c1-10-7-2-3-8(10)5-6(4-7)9(11)12/h6-8H,2-5H2,1H3,(H,11,12)/t6?,7-,8+. The summed E-state index contributed by atoms with van der Waals surface area (Å²) in [4.78, 5) is 13.1. The average molecular weight is 169 g/mol. The van der Waals surface area contributed by atoms with Crippen LogP contribution in [0.5, 0.6) is 0 Å². The number of carbonyl (C=O) groups is 1. The van der Waals surface area contributed by atoms with Crippen LogP contribution in [-0.2, 0) is 4.79 Å². The van der Waals surface area contributed by atoms with Crippen LogP contribution in [0.4, 0.5) is 0 Å². The van der Waals surface area contributed by atoms with E-state index in [2.05, 4.69) is 11.9 Å². The maximum atomic E-state index is 10.8. The highest BCUT2D eigenvalue weighted by atomic mass is 16.4. The third kappa shape index (κ3) is 1.12. The van der Waals surface area contributed by atoms with Gasteiger partial charge in [0.15, 0.2) is 0 Å². The van der Waals surface area contributed by atoms with Crippen molar-refractivity contribution in [2.24, 2.45) is 5.92 Å². The highest BCUT2D eigenvalue weighted by Gasteiger charge is 2.40. The lowest BCUT2D eigenvalue weighted by Crippen LogP contribution is -2.41. The summed E-state index contributed by atoms with van der Waals surface area (Å²) in [5.74, 6) is -0.668. The van der Waals surface area contributed by atoms with E-state index in [1.807, 2.05) is 0 Å². The minimum atomic E-state index is -0.597. The summed E-state index contributed by atoms with van der Waals surface area (Å²) in [6.07, 6.45) is 4.13. The fourth-order valence-electron chi connectivity index (χ4n) is 2.61. The molecule has 0 aliphatic carbocycles. The molecule has 1 unspecified atom stereocenters. The Hall–Kier alpha value is -0.570. The van der Waals surface area contributed by atoms with Crippen LogP contribution in [0.15, 0.2) is 0 Å². The zero-order valence-corrected chi connectivity index (χ0v) is 7.36. The molecule has 0 radical (unpaired) electrons. The van der Waals surface area contributed by atoms with Gasteiger partial charge >= 0.3 is 5.97 Å². The molecule has 2 heterocycles. The van der Waals surface area contributed by atoms with Crippen molar-refractivity contribution >= 4 is 5.97 Å². The van der Waals surface area contributed by atoms with Gasteiger partial charge in [0, 0.05) is 12.1 Å². The van der Waals surface area contributed by atoms with Crippen molar-refractivity contribution in [2.45, 2.75) is 37.8 Å². The van der Waals surface area contributed by atoms with Gasteiger partial charge in [-0.05, 0) is 32.7 Å². The normalized spacial score (nSPS) is 41.6. The number of carboxylic acids is 1. The Morgan fingerprint density at radius 2 is 1.83 bits per heavy atom. The van der Waals surface area contributed by atoms with Crippen molar-refractivity contribution < 1.29 is 9.90 Å². The molecule has 68 valence electrons. The Balaban J connectivity index is 2.07. The lowest BCUT2D eigenvalue weighted by molar-refractivity contribution is -0.144. The molecule has 0 saturated carbocycles. The second-order valence-electron chi connectivity index (χ2n) is 4.06. The van der Waals surface area contributed by atoms with Gasteiger partial charge in [0.25, 0.3) is 0 Å². The van der Waals surface area contributed by atoms with Crippen LogP contribution in [0.3, 0.4) is 0 Å². The van der Waals surface area contributed by atoms with Crippen molar-refractivity contribution in [3.8, 4) is 0 Å². The fourth-order valence-corrected chi connectivity index (χ4v) is 2.61. The molecule has 3 atom stereocenters. The van der Waals surface area contributed by atoms with E-state index in [0.717, 1.165) is 12.8 Å². The Bertz CT molecular complexity index is 191. The van der Waals surface area contributed by atoms with E-state index in [1.165, 1.54) is 12.8 Å². The molecule has 3 heteroatoms. The SMILES string of the molecule is CN1[C@@H]2CC[C@H]1CC(C(=O)O)C2. The summed E-state index contributed by atoms with van der Waals surface area (Å²) in [6, 6.07) is 1.09. The molecule has 0 amide bonds. The number of nitrogens with zero attached hydrogens (tertiary/aromatic N) is 1. The van der Waals surface area contributed by atoms with Crippen LogP contribution in [0, 0.1) is 5.92 Å². The largest absolute Gasteiger partial charge is 0.481 e. The molecule has 2 bridgehead atoms. The maximum Gasteiger partial charge on any atom is 0.306 e. The number of piperidine rings is 1. The third-order valence-corrected chi connectivity index (χ3v) is 3.45. The molecule has 0 aromatic rings. The van der Waals surface area contributed by atoms with Crippen LogP contribution in [0.25, 0.3) is 0 Å². The van der Waals surface area contributed by atoms with E-state index in [-0.39, 0.29) is 5.92 Å². The molecule has 2 aliphatic heterocycles. The number of fused-ring (bicyclic) bond motifs is 2. The van der Waals surface area contributed by atoms with E-state index in [9.17, 15) is 4.79 Å². The summed E-state index contributed by atoms with van der Waals surface area (Å²) in [5, 5.41) is 8.87. The van der Waals surface area contributed by atoms with Crippen LogP contribution in [0.2, 0.25) is 0 Å². The van der Waals surface area contributed by atoms with Crippen LogP contribution in [0.1, 0.15) is 25.7 Å². The molecule has 2 rings (SSSR count).